The van der Waals surface area contributed by atoms with E-state index < -0.39 is 0 Å². The van der Waals surface area contributed by atoms with Gasteiger partial charge in [0.05, 0.1) is 18.5 Å². The molecule has 33 heavy (non-hydrogen) atoms. The molecule has 0 aliphatic carbocycles. The van der Waals surface area contributed by atoms with Gasteiger partial charge < -0.3 is 15.8 Å². The molecule has 3 N–H and O–H groups in total. The molecule has 4 aromatic rings. The van der Waals surface area contributed by atoms with Gasteiger partial charge in [-0.15, -0.1) is 0 Å². The molecule has 4 rings (SSSR count). The molecule has 0 saturated carbocycles. The fourth-order valence-electron chi connectivity index (χ4n) is 3.36. The molecule has 0 saturated heterocycles. The lowest BCUT2D eigenvalue weighted by Gasteiger charge is -2.12. The van der Waals surface area contributed by atoms with Gasteiger partial charge in [0, 0.05) is 28.8 Å². The van der Waals surface area contributed by atoms with Crippen molar-refractivity contribution in [3.8, 4) is 17.0 Å². The van der Waals surface area contributed by atoms with Crippen molar-refractivity contribution in [1.82, 2.24) is 9.97 Å². The van der Waals surface area contributed by atoms with Crippen LogP contribution in [0.25, 0.3) is 11.1 Å². The fourth-order valence-corrected chi connectivity index (χ4v) is 3.49. The minimum Gasteiger partial charge on any atom is -0.477 e. The van der Waals surface area contributed by atoms with Crippen LogP contribution in [-0.2, 0) is 6.42 Å². The second-order valence-electron chi connectivity index (χ2n) is 7.55. The summed E-state index contributed by atoms with van der Waals surface area (Å²) in [5.41, 5.74) is 10.4. The molecule has 6 nitrogen and oxygen atoms in total. The Morgan fingerprint density at radius 3 is 2.61 bits per heavy atom. The molecule has 2 heterocycles. The average Bonchev–Trinajstić information content (AvgIpc) is 2.81. The first kappa shape index (κ1) is 22.3. The van der Waals surface area contributed by atoms with Gasteiger partial charge in [-0.1, -0.05) is 47.5 Å². The number of carbonyl (C=O) groups is 1. The van der Waals surface area contributed by atoms with Crippen LogP contribution in [0.15, 0.2) is 79.0 Å². The van der Waals surface area contributed by atoms with Crippen LogP contribution in [0.4, 0.5) is 11.5 Å². The molecular weight excluding hydrogens is 436 g/mol. The highest BCUT2D eigenvalue weighted by Crippen LogP contribution is 2.27. The number of benzene rings is 2. The Balaban J connectivity index is 1.41. The van der Waals surface area contributed by atoms with Crippen molar-refractivity contribution >= 4 is 29.0 Å². The Bertz CT molecular complexity index is 1260. The lowest BCUT2D eigenvalue weighted by molar-refractivity contribution is 0.102. The van der Waals surface area contributed by atoms with Crippen LogP contribution in [0.2, 0.25) is 5.02 Å². The molecular formula is C26H23ClN4O2. The summed E-state index contributed by atoms with van der Waals surface area (Å²) in [6.45, 7) is 2.37. The number of rotatable bonds is 7. The van der Waals surface area contributed by atoms with E-state index in [0.717, 1.165) is 22.4 Å². The number of carbonyl (C=O) groups excluding carboxylic acids is 1. The van der Waals surface area contributed by atoms with Crippen molar-refractivity contribution in [1.29, 1.82) is 0 Å². The maximum absolute atomic E-state index is 13.1. The second-order valence-corrected chi connectivity index (χ2v) is 7.98. The highest BCUT2D eigenvalue weighted by molar-refractivity contribution is 6.30. The summed E-state index contributed by atoms with van der Waals surface area (Å²) in [7, 11) is 0. The number of hydrogen-bond donors (Lipinski definition) is 2. The van der Waals surface area contributed by atoms with Crippen LogP contribution in [-0.4, -0.2) is 22.5 Å². The molecule has 0 aliphatic heterocycles. The van der Waals surface area contributed by atoms with Crippen LogP contribution < -0.4 is 15.8 Å². The fraction of sp³-hybridized carbons (Fsp3) is 0.115. The lowest BCUT2D eigenvalue weighted by atomic mass is 9.97. The van der Waals surface area contributed by atoms with Crippen molar-refractivity contribution in [2.24, 2.45) is 0 Å². The third-order valence-electron chi connectivity index (χ3n) is 5.01. The van der Waals surface area contributed by atoms with E-state index in [1.54, 1.807) is 24.4 Å². The van der Waals surface area contributed by atoms with Gasteiger partial charge in [0.2, 0.25) is 5.88 Å². The first-order valence-electron chi connectivity index (χ1n) is 10.5. The Kier molecular flexibility index (Phi) is 6.86. The van der Waals surface area contributed by atoms with E-state index in [2.05, 4.69) is 15.3 Å². The number of pyridine rings is 2. The van der Waals surface area contributed by atoms with Gasteiger partial charge in [-0.2, -0.15) is 0 Å². The number of aryl methyl sites for hydroxylation is 1. The highest BCUT2D eigenvalue weighted by Gasteiger charge is 2.14. The predicted octanol–water partition coefficient (Wildman–Crippen LogP) is 5.56. The number of anilines is 2. The molecule has 0 aliphatic rings. The van der Waals surface area contributed by atoms with E-state index in [0.29, 0.717) is 41.0 Å². The zero-order chi connectivity index (χ0) is 23.2. The normalized spacial score (nSPS) is 10.6. The SMILES string of the molecule is Cc1ccc(-c2ccc(Cl)cc2)c(C(=O)Nc2ccc(OCCc3cccc(N)n3)nc2)c1. The third-order valence-corrected chi connectivity index (χ3v) is 5.26. The second kappa shape index (κ2) is 10.1. The number of nitrogen functional groups attached to an aromatic ring is 1. The highest BCUT2D eigenvalue weighted by atomic mass is 35.5. The van der Waals surface area contributed by atoms with Crippen LogP contribution in [0.1, 0.15) is 21.6 Å². The summed E-state index contributed by atoms with van der Waals surface area (Å²) in [5, 5.41) is 3.56. The number of nitrogens with zero attached hydrogens (tertiary/aromatic N) is 2. The molecule has 166 valence electrons. The van der Waals surface area contributed by atoms with Crippen molar-refractivity contribution in [3.63, 3.8) is 0 Å². The zero-order valence-electron chi connectivity index (χ0n) is 18.1. The van der Waals surface area contributed by atoms with Gasteiger partial charge in [-0.25, -0.2) is 9.97 Å². The van der Waals surface area contributed by atoms with Gasteiger partial charge in [-0.05, 0) is 54.4 Å². The lowest BCUT2D eigenvalue weighted by Crippen LogP contribution is -2.14. The maximum atomic E-state index is 13.1. The van der Waals surface area contributed by atoms with E-state index in [9.17, 15) is 4.79 Å². The number of halogens is 1. The minimum absolute atomic E-state index is 0.216. The predicted molar refractivity (Wildman–Crippen MR) is 132 cm³/mol. The van der Waals surface area contributed by atoms with Gasteiger partial charge in [0.15, 0.2) is 0 Å². The monoisotopic (exact) mass is 458 g/mol. The van der Waals surface area contributed by atoms with E-state index in [1.165, 1.54) is 0 Å². The van der Waals surface area contributed by atoms with Crippen LogP contribution in [0.3, 0.4) is 0 Å². The number of aromatic nitrogens is 2. The standard InChI is InChI=1S/C26H23ClN4O2/c1-17-5-11-22(18-6-8-19(27)9-7-18)23(15-17)26(32)31-21-10-12-25(29-16-21)33-14-13-20-3-2-4-24(28)30-20/h2-12,15-16H,13-14H2,1H3,(H2,28,30)(H,31,32). The number of nitrogens with two attached hydrogens (primary N) is 1. The number of ether oxygens (including phenoxy) is 1. The maximum Gasteiger partial charge on any atom is 0.256 e. The summed E-state index contributed by atoms with van der Waals surface area (Å²) < 4.78 is 5.68. The zero-order valence-corrected chi connectivity index (χ0v) is 18.8. The Hall–Kier alpha value is -3.90. The number of amides is 1. The third kappa shape index (κ3) is 5.87. The first-order chi connectivity index (χ1) is 16.0. The number of nitrogens with one attached hydrogen (secondary N) is 1. The minimum atomic E-state index is -0.216. The van der Waals surface area contributed by atoms with Crippen molar-refractivity contribution < 1.29 is 9.53 Å². The number of hydrogen-bond acceptors (Lipinski definition) is 5. The summed E-state index contributed by atoms with van der Waals surface area (Å²) >= 11 is 6.01. The summed E-state index contributed by atoms with van der Waals surface area (Å²) in [6, 6.07) is 22.2. The summed E-state index contributed by atoms with van der Waals surface area (Å²) in [5.74, 6) is 0.736. The van der Waals surface area contributed by atoms with Crippen LogP contribution in [0.5, 0.6) is 5.88 Å². The van der Waals surface area contributed by atoms with Gasteiger partial charge in [0.25, 0.3) is 5.91 Å². The Morgan fingerprint density at radius 2 is 1.88 bits per heavy atom. The first-order valence-corrected chi connectivity index (χ1v) is 10.8. The molecule has 0 atom stereocenters. The van der Waals surface area contributed by atoms with Crippen LogP contribution >= 0.6 is 11.6 Å². The Morgan fingerprint density at radius 1 is 1.06 bits per heavy atom. The Labute approximate surface area is 197 Å². The van der Waals surface area contributed by atoms with Gasteiger partial charge >= 0.3 is 0 Å². The molecule has 0 radical (unpaired) electrons. The largest absolute Gasteiger partial charge is 0.477 e. The van der Waals surface area contributed by atoms with Crippen molar-refractivity contribution in [2.45, 2.75) is 13.3 Å². The molecule has 0 spiro atoms. The molecule has 0 bridgehead atoms. The molecule has 0 unspecified atom stereocenters. The molecule has 2 aromatic carbocycles. The van der Waals surface area contributed by atoms with E-state index in [4.69, 9.17) is 22.1 Å². The molecule has 7 heteroatoms. The summed E-state index contributed by atoms with van der Waals surface area (Å²) in [4.78, 5) is 21.6. The molecule has 0 fully saturated rings. The van der Waals surface area contributed by atoms with E-state index >= 15 is 0 Å². The van der Waals surface area contributed by atoms with Crippen molar-refractivity contribution in [3.05, 3.63) is 101 Å². The molecule has 2 aromatic heterocycles. The quantitative estimate of drug-likeness (QED) is 0.378. The van der Waals surface area contributed by atoms with E-state index in [1.807, 2.05) is 61.5 Å². The van der Waals surface area contributed by atoms with Crippen LogP contribution in [0, 0.1) is 6.92 Å². The van der Waals surface area contributed by atoms with Gasteiger partial charge in [0.1, 0.15) is 5.82 Å². The average molecular weight is 459 g/mol. The molecule has 1 amide bonds. The summed E-state index contributed by atoms with van der Waals surface area (Å²) in [6.07, 6.45) is 2.19. The topological polar surface area (TPSA) is 90.1 Å². The van der Waals surface area contributed by atoms with E-state index in [-0.39, 0.29) is 5.91 Å². The van der Waals surface area contributed by atoms with Crippen molar-refractivity contribution in [2.75, 3.05) is 17.7 Å². The smallest absolute Gasteiger partial charge is 0.256 e. The van der Waals surface area contributed by atoms with Gasteiger partial charge in [-0.3, -0.25) is 4.79 Å².